The minimum absolute atomic E-state index is 0.0436. The number of non-ortho nitro benzene ring substituents is 1. The van der Waals surface area contributed by atoms with Crippen molar-refractivity contribution in [2.24, 2.45) is 5.10 Å². The standard InChI is InChI=1S/C16H13N5O4S/c22-13-6-5-11(21(24)25)7-10(13)8-18-20-15(23)9-17-16-19-12-3-1-2-4-14(12)26-16/h1-8,22H,9H2,(H,17,19)(H,20,23)/b18-8+. The third kappa shape index (κ3) is 4.11. The molecule has 0 aliphatic carbocycles. The van der Waals surface area contributed by atoms with Gasteiger partial charge in [-0.25, -0.2) is 10.4 Å². The molecule has 0 aliphatic rings. The number of hydrogen-bond donors (Lipinski definition) is 3. The number of hydrazone groups is 1. The van der Waals surface area contributed by atoms with Crippen LogP contribution in [0.25, 0.3) is 10.2 Å². The van der Waals surface area contributed by atoms with Crippen LogP contribution in [0.4, 0.5) is 10.8 Å². The number of nitro benzene ring substituents is 1. The highest BCUT2D eigenvalue weighted by Gasteiger charge is 2.09. The Bertz CT molecular complexity index is 968. The molecule has 0 aliphatic heterocycles. The Morgan fingerprint density at radius 2 is 2.15 bits per heavy atom. The van der Waals surface area contributed by atoms with Gasteiger partial charge in [0.1, 0.15) is 5.75 Å². The van der Waals surface area contributed by atoms with Crippen LogP contribution in [-0.2, 0) is 4.79 Å². The lowest BCUT2D eigenvalue weighted by atomic mass is 10.2. The van der Waals surface area contributed by atoms with Crippen LogP contribution in [0.3, 0.4) is 0 Å². The van der Waals surface area contributed by atoms with Crippen molar-refractivity contribution in [3.63, 3.8) is 0 Å². The monoisotopic (exact) mass is 371 g/mol. The second kappa shape index (κ2) is 7.57. The Labute approximate surface area is 151 Å². The van der Waals surface area contributed by atoms with E-state index in [1.165, 1.54) is 23.5 Å². The molecule has 132 valence electrons. The minimum atomic E-state index is -0.586. The predicted octanol–water partition coefficient (Wildman–Crippen LogP) is 2.47. The molecule has 0 fully saturated rings. The van der Waals surface area contributed by atoms with Crippen LogP contribution in [0.2, 0.25) is 0 Å². The highest BCUT2D eigenvalue weighted by Crippen LogP contribution is 2.25. The number of aromatic nitrogens is 1. The normalized spacial score (nSPS) is 10.9. The van der Waals surface area contributed by atoms with E-state index >= 15 is 0 Å². The molecule has 3 aromatic rings. The van der Waals surface area contributed by atoms with Gasteiger partial charge < -0.3 is 10.4 Å². The number of nitro groups is 1. The molecule has 0 atom stereocenters. The van der Waals surface area contributed by atoms with Gasteiger partial charge in [-0.1, -0.05) is 23.5 Å². The van der Waals surface area contributed by atoms with E-state index in [0.717, 1.165) is 22.5 Å². The van der Waals surface area contributed by atoms with E-state index in [-0.39, 0.29) is 23.5 Å². The Morgan fingerprint density at radius 1 is 1.35 bits per heavy atom. The lowest BCUT2D eigenvalue weighted by molar-refractivity contribution is -0.384. The number of anilines is 1. The Hall–Kier alpha value is -3.53. The number of nitrogens with one attached hydrogen (secondary N) is 2. The second-order valence-corrected chi connectivity index (χ2v) is 6.16. The molecule has 1 aromatic heterocycles. The summed E-state index contributed by atoms with van der Waals surface area (Å²) in [6.07, 6.45) is 1.14. The first-order chi connectivity index (χ1) is 12.5. The minimum Gasteiger partial charge on any atom is -0.507 e. The average Bonchev–Trinajstić information content (AvgIpc) is 3.04. The zero-order valence-corrected chi connectivity index (χ0v) is 14.1. The number of amides is 1. The van der Waals surface area contributed by atoms with Gasteiger partial charge in [-0.05, 0) is 18.2 Å². The Kier molecular flexibility index (Phi) is 5.04. The lowest BCUT2D eigenvalue weighted by Crippen LogP contribution is -2.25. The van der Waals surface area contributed by atoms with Crippen molar-refractivity contribution in [2.75, 3.05) is 11.9 Å². The van der Waals surface area contributed by atoms with Crippen molar-refractivity contribution in [2.45, 2.75) is 0 Å². The fourth-order valence-corrected chi connectivity index (χ4v) is 2.94. The molecule has 0 radical (unpaired) electrons. The number of nitrogens with zero attached hydrogens (tertiary/aromatic N) is 3. The van der Waals surface area contributed by atoms with Crippen LogP contribution in [0, 0.1) is 10.1 Å². The van der Waals surface area contributed by atoms with Crippen LogP contribution in [-0.4, -0.2) is 33.7 Å². The largest absolute Gasteiger partial charge is 0.507 e. The molecule has 26 heavy (non-hydrogen) atoms. The number of benzene rings is 2. The first-order valence-electron chi connectivity index (χ1n) is 7.41. The highest BCUT2D eigenvalue weighted by atomic mass is 32.1. The molecule has 3 rings (SSSR count). The van der Waals surface area contributed by atoms with Crippen molar-refractivity contribution >= 4 is 44.5 Å². The third-order valence-electron chi connectivity index (χ3n) is 3.31. The van der Waals surface area contributed by atoms with Crippen molar-refractivity contribution < 1.29 is 14.8 Å². The van der Waals surface area contributed by atoms with Gasteiger partial charge >= 0.3 is 0 Å². The number of thiazole rings is 1. The summed E-state index contributed by atoms with van der Waals surface area (Å²) in [6.45, 7) is -0.0436. The molecule has 1 heterocycles. The van der Waals surface area contributed by atoms with Crippen LogP contribution in [0.15, 0.2) is 47.6 Å². The summed E-state index contributed by atoms with van der Waals surface area (Å²) in [5, 5.41) is 27.6. The van der Waals surface area contributed by atoms with E-state index in [1.807, 2.05) is 24.3 Å². The highest BCUT2D eigenvalue weighted by molar-refractivity contribution is 7.22. The average molecular weight is 371 g/mol. The number of fused-ring (bicyclic) bond motifs is 1. The summed E-state index contributed by atoms with van der Waals surface area (Å²) in [7, 11) is 0. The van der Waals surface area contributed by atoms with E-state index in [9.17, 15) is 20.0 Å². The van der Waals surface area contributed by atoms with Gasteiger partial charge in [0.2, 0.25) is 0 Å². The summed E-state index contributed by atoms with van der Waals surface area (Å²) in [5.74, 6) is -0.605. The van der Waals surface area contributed by atoms with E-state index in [1.54, 1.807) is 0 Å². The summed E-state index contributed by atoms with van der Waals surface area (Å²) in [5.41, 5.74) is 3.06. The van der Waals surface area contributed by atoms with Crippen molar-refractivity contribution in [3.8, 4) is 5.75 Å². The van der Waals surface area contributed by atoms with Crippen molar-refractivity contribution in [3.05, 3.63) is 58.1 Å². The number of carbonyl (C=O) groups excluding carboxylic acids is 1. The van der Waals surface area contributed by atoms with Crippen LogP contribution in [0.1, 0.15) is 5.56 Å². The Morgan fingerprint density at radius 3 is 2.92 bits per heavy atom. The van der Waals surface area contributed by atoms with E-state index < -0.39 is 10.8 Å². The van der Waals surface area contributed by atoms with Crippen LogP contribution < -0.4 is 10.7 Å². The van der Waals surface area contributed by atoms with Crippen molar-refractivity contribution in [1.82, 2.24) is 10.4 Å². The lowest BCUT2D eigenvalue weighted by Gasteiger charge is -2.01. The summed E-state index contributed by atoms with van der Waals surface area (Å²) < 4.78 is 1.01. The number of rotatable bonds is 6. The Balaban J connectivity index is 1.56. The van der Waals surface area contributed by atoms with Gasteiger partial charge in [0, 0.05) is 17.7 Å². The number of hydrogen-bond acceptors (Lipinski definition) is 8. The fraction of sp³-hybridized carbons (Fsp3) is 0.0625. The molecule has 2 aromatic carbocycles. The van der Waals surface area contributed by atoms with Gasteiger partial charge in [-0.3, -0.25) is 14.9 Å². The first-order valence-corrected chi connectivity index (χ1v) is 8.23. The number of para-hydroxylation sites is 1. The maximum absolute atomic E-state index is 11.8. The fourth-order valence-electron chi connectivity index (χ4n) is 2.08. The van der Waals surface area contributed by atoms with Gasteiger partial charge in [0.05, 0.1) is 27.9 Å². The quantitative estimate of drug-likeness (QED) is 0.347. The number of carbonyl (C=O) groups is 1. The van der Waals surface area contributed by atoms with Gasteiger partial charge in [-0.15, -0.1) is 0 Å². The first kappa shape index (κ1) is 17.3. The van der Waals surface area contributed by atoms with Gasteiger partial charge in [0.15, 0.2) is 5.13 Å². The molecule has 3 N–H and O–H groups in total. The maximum atomic E-state index is 11.8. The van der Waals surface area contributed by atoms with Gasteiger partial charge in [0.25, 0.3) is 11.6 Å². The second-order valence-electron chi connectivity index (χ2n) is 5.13. The van der Waals surface area contributed by atoms with Crippen molar-refractivity contribution in [1.29, 1.82) is 0 Å². The number of phenols is 1. The smallest absolute Gasteiger partial charge is 0.270 e. The van der Waals surface area contributed by atoms with E-state index in [2.05, 4.69) is 20.8 Å². The number of phenolic OH excluding ortho intramolecular Hbond substituents is 1. The topological polar surface area (TPSA) is 130 Å². The molecule has 10 heteroatoms. The maximum Gasteiger partial charge on any atom is 0.270 e. The molecule has 0 unspecified atom stereocenters. The predicted molar refractivity (Wildman–Crippen MR) is 98.6 cm³/mol. The summed E-state index contributed by atoms with van der Waals surface area (Å²) in [6, 6.07) is 11.1. The van der Waals surface area contributed by atoms with E-state index in [4.69, 9.17) is 0 Å². The van der Waals surface area contributed by atoms with Crippen LogP contribution in [0.5, 0.6) is 5.75 Å². The van der Waals surface area contributed by atoms with Gasteiger partial charge in [-0.2, -0.15) is 5.10 Å². The molecule has 0 saturated heterocycles. The zero-order valence-electron chi connectivity index (χ0n) is 13.2. The molecule has 0 bridgehead atoms. The molecule has 1 amide bonds. The molecule has 9 nitrogen and oxygen atoms in total. The molecule has 0 spiro atoms. The molecular formula is C16H13N5O4S. The molecular weight excluding hydrogens is 358 g/mol. The number of aromatic hydroxyl groups is 1. The van der Waals surface area contributed by atoms with E-state index in [0.29, 0.717) is 5.13 Å². The SMILES string of the molecule is O=C(CNc1nc2ccccc2s1)N/N=C/c1cc([N+](=O)[O-])ccc1O. The summed E-state index contributed by atoms with van der Waals surface area (Å²) >= 11 is 1.43. The third-order valence-corrected chi connectivity index (χ3v) is 4.30. The van der Waals surface area contributed by atoms with Crippen LogP contribution >= 0.6 is 11.3 Å². The molecule has 0 saturated carbocycles. The zero-order chi connectivity index (χ0) is 18.5. The summed E-state index contributed by atoms with van der Waals surface area (Å²) in [4.78, 5) is 26.3.